The Morgan fingerprint density at radius 2 is 2.05 bits per heavy atom. The summed E-state index contributed by atoms with van der Waals surface area (Å²) in [6.07, 6.45) is 3.09. The molecular formula is C15H16ClN3O2. The second kappa shape index (κ2) is 6.45. The SMILES string of the molecule is COc1ccc(NC(=O)/C=C/c2c(C)nn(C)c2Cl)cc1. The molecule has 21 heavy (non-hydrogen) atoms. The van der Waals surface area contributed by atoms with E-state index < -0.39 is 0 Å². The van der Waals surface area contributed by atoms with E-state index in [0.717, 1.165) is 17.0 Å². The van der Waals surface area contributed by atoms with Crippen molar-refractivity contribution in [1.82, 2.24) is 9.78 Å². The van der Waals surface area contributed by atoms with Gasteiger partial charge in [0.15, 0.2) is 0 Å². The molecule has 5 nitrogen and oxygen atoms in total. The predicted octanol–water partition coefficient (Wildman–Crippen LogP) is 3.04. The number of aryl methyl sites for hydroxylation is 2. The average molecular weight is 306 g/mol. The number of amides is 1. The molecule has 2 rings (SSSR count). The molecule has 6 heteroatoms. The van der Waals surface area contributed by atoms with E-state index >= 15 is 0 Å². The second-order valence-corrected chi connectivity index (χ2v) is 4.82. The van der Waals surface area contributed by atoms with Crippen LogP contribution in [0, 0.1) is 6.92 Å². The number of aromatic nitrogens is 2. The Morgan fingerprint density at radius 1 is 1.38 bits per heavy atom. The van der Waals surface area contributed by atoms with Crippen LogP contribution in [-0.2, 0) is 11.8 Å². The van der Waals surface area contributed by atoms with Gasteiger partial charge in [0, 0.05) is 24.4 Å². The zero-order valence-corrected chi connectivity index (χ0v) is 12.8. The predicted molar refractivity (Wildman–Crippen MR) is 83.6 cm³/mol. The number of anilines is 1. The third-order valence-corrected chi connectivity index (χ3v) is 3.40. The van der Waals surface area contributed by atoms with Gasteiger partial charge in [-0.05, 0) is 37.3 Å². The van der Waals surface area contributed by atoms with Crippen molar-refractivity contribution in [2.75, 3.05) is 12.4 Å². The molecule has 0 spiro atoms. The number of hydrogen-bond acceptors (Lipinski definition) is 3. The van der Waals surface area contributed by atoms with Crippen LogP contribution in [0.15, 0.2) is 30.3 Å². The van der Waals surface area contributed by atoms with Gasteiger partial charge in [0.05, 0.1) is 12.8 Å². The molecule has 0 aliphatic carbocycles. The molecule has 0 radical (unpaired) electrons. The maximum absolute atomic E-state index is 11.9. The third-order valence-electron chi connectivity index (χ3n) is 2.96. The smallest absolute Gasteiger partial charge is 0.248 e. The van der Waals surface area contributed by atoms with E-state index in [1.54, 1.807) is 49.2 Å². The van der Waals surface area contributed by atoms with Crippen molar-refractivity contribution in [3.05, 3.63) is 46.8 Å². The summed E-state index contributed by atoms with van der Waals surface area (Å²) >= 11 is 6.09. The largest absolute Gasteiger partial charge is 0.497 e. The minimum atomic E-state index is -0.237. The minimum Gasteiger partial charge on any atom is -0.497 e. The van der Waals surface area contributed by atoms with Crippen LogP contribution in [0.25, 0.3) is 6.08 Å². The monoisotopic (exact) mass is 305 g/mol. The fraction of sp³-hybridized carbons (Fsp3) is 0.200. The van der Waals surface area contributed by atoms with Crippen molar-refractivity contribution in [2.45, 2.75) is 6.92 Å². The molecule has 110 valence electrons. The number of carbonyl (C=O) groups excluding carboxylic acids is 1. The van der Waals surface area contributed by atoms with Crippen LogP contribution in [0.2, 0.25) is 5.15 Å². The molecule has 0 aliphatic heterocycles. The van der Waals surface area contributed by atoms with Crippen molar-refractivity contribution >= 4 is 29.3 Å². The van der Waals surface area contributed by atoms with Gasteiger partial charge in [0.1, 0.15) is 10.9 Å². The molecule has 1 N–H and O–H groups in total. The van der Waals surface area contributed by atoms with Crippen molar-refractivity contribution in [3.63, 3.8) is 0 Å². The minimum absolute atomic E-state index is 0.237. The fourth-order valence-electron chi connectivity index (χ4n) is 1.85. The quantitative estimate of drug-likeness (QED) is 0.883. The topological polar surface area (TPSA) is 56.1 Å². The number of halogens is 1. The van der Waals surface area contributed by atoms with Gasteiger partial charge in [-0.3, -0.25) is 9.48 Å². The van der Waals surface area contributed by atoms with Crippen molar-refractivity contribution in [1.29, 1.82) is 0 Å². The summed E-state index contributed by atoms with van der Waals surface area (Å²) in [4.78, 5) is 11.9. The Balaban J connectivity index is 2.05. The van der Waals surface area contributed by atoms with Crippen LogP contribution in [0.4, 0.5) is 5.69 Å². The lowest BCUT2D eigenvalue weighted by atomic mass is 10.2. The number of benzene rings is 1. The standard InChI is InChI=1S/C15H16ClN3O2/c1-10-13(15(16)19(2)18-10)8-9-14(20)17-11-4-6-12(21-3)7-5-11/h4-9H,1-3H3,(H,17,20)/b9-8+. The Bertz CT molecular complexity index is 675. The maximum Gasteiger partial charge on any atom is 0.248 e. The fourth-order valence-corrected chi connectivity index (χ4v) is 2.09. The van der Waals surface area contributed by atoms with Crippen molar-refractivity contribution < 1.29 is 9.53 Å². The highest BCUT2D eigenvalue weighted by Gasteiger charge is 2.08. The van der Waals surface area contributed by atoms with E-state index in [1.807, 2.05) is 6.92 Å². The van der Waals surface area contributed by atoms with Crippen LogP contribution in [0.1, 0.15) is 11.3 Å². The molecule has 0 fully saturated rings. The first kappa shape index (κ1) is 15.1. The normalized spacial score (nSPS) is 10.9. The first-order valence-corrected chi connectivity index (χ1v) is 6.71. The summed E-state index contributed by atoms with van der Waals surface area (Å²) in [5.41, 5.74) is 2.21. The summed E-state index contributed by atoms with van der Waals surface area (Å²) in [5.74, 6) is 0.501. The van der Waals surface area contributed by atoms with Crippen LogP contribution in [0.3, 0.4) is 0 Å². The molecule has 1 heterocycles. The molecule has 0 aliphatic rings. The highest BCUT2D eigenvalue weighted by Crippen LogP contribution is 2.20. The van der Waals surface area contributed by atoms with Crippen LogP contribution in [0.5, 0.6) is 5.75 Å². The van der Waals surface area contributed by atoms with Gasteiger partial charge in [-0.25, -0.2) is 0 Å². The zero-order chi connectivity index (χ0) is 15.4. The van der Waals surface area contributed by atoms with E-state index in [9.17, 15) is 4.79 Å². The number of nitrogens with one attached hydrogen (secondary N) is 1. The molecule has 0 atom stereocenters. The van der Waals surface area contributed by atoms with Crippen LogP contribution >= 0.6 is 11.6 Å². The summed E-state index contributed by atoms with van der Waals surface area (Å²) in [6, 6.07) is 7.10. The van der Waals surface area contributed by atoms with Gasteiger partial charge < -0.3 is 10.1 Å². The Hall–Kier alpha value is -2.27. The number of hydrogen-bond donors (Lipinski definition) is 1. The van der Waals surface area contributed by atoms with Gasteiger partial charge in [0.2, 0.25) is 5.91 Å². The molecule has 0 bridgehead atoms. The number of carbonyl (C=O) groups is 1. The number of rotatable bonds is 4. The third kappa shape index (κ3) is 3.64. The Morgan fingerprint density at radius 3 is 2.57 bits per heavy atom. The average Bonchev–Trinajstić information content (AvgIpc) is 2.71. The summed E-state index contributed by atoms with van der Waals surface area (Å²) in [7, 11) is 3.35. The van der Waals surface area contributed by atoms with Crippen molar-refractivity contribution in [3.8, 4) is 5.75 Å². The number of methoxy groups -OCH3 is 1. The van der Waals surface area contributed by atoms with Gasteiger partial charge in [0.25, 0.3) is 0 Å². The lowest BCUT2D eigenvalue weighted by Crippen LogP contribution is -2.07. The Labute approximate surface area is 128 Å². The van der Waals surface area contributed by atoms with E-state index in [2.05, 4.69) is 10.4 Å². The van der Waals surface area contributed by atoms with Gasteiger partial charge in [-0.2, -0.15) is 5.10 Å². The molecule has 1 amide bonds. The molecule has 0 unspecified atom stereocenters. The second-order valence-electron chi connectivity index (χ2n) is 4.46. The first-order chi connectivity index (χ1) is 10.0. The van der Waals surface area contributed by atoms with E-state index in [-0.39, 0.29) is 5.91 Å². The van der Waals surface area contributed by atoms with Crippen LogP contribution in [-0.4, -0.2) is 22.8 Å². The van der Waals surface area contributed by atoms with E-state index in [1.165, 1.54) is 6.08 Å². The number of ether oxygens (including phenoxy) is 1. The lowest BCUT2D eigenvalue weighted by Gasteiger charge is -2.03. The van der Waals surface area contributed by atoms with E-state index in [0.29, 0.717) is 10.8 Å². The Kier molecular flexibility index (Phi) is 4.65. The van der Waals surface area contributed by atoms with Gasteiger partial charge in [-0.1, -0.05) is 11.6 Å². The molecule has 0 saturated carbocycles. The molecule has 1 aromatic carbocycles. The van der Waals surface area contributed by atoms with E-state index in [4.69, 9.17) is 16.3 Å². The van der Waals surface area contributed by atoms with Crippen LogP contribution < -0.4 is 10.1 Å². The summed E-state index contributed by atoms with van der Waals surface area (Å²) in [6.45, 7) is 1.84. The lowest BCUT2D eigenvalue weighted by molar-refractivity contribution is -0.111. The summed E-state index contributed by atoms with van der Waals surface area (Å²) < 4.78 is 6.62. The highest BCUT2D eigenvalue weighted by molar-refractivity contribution is 6.31. The molecule has 0 saturated heterocycles. The van der Waals surface area contributed by atoms with Crippen molar-refractivity contribution in [2.24, 2.45) is 7.05 Å². The number of nitrogens with zero attached hydrogens (tertiary/aromatic N) is 2. The van der Waals surface area contributed by atoms with Gasteiger partial charge >= 0.3 is 0 Å². The maximum atomic E-state index is 11.9. The first-order valence-electron chi connectivity index (χ1n) is 6.33. The van der Waals surface area contributed by atoms with Gasteiger partial charge in [-0.15, -0.1) is 0 Å². The molecular weight excluding hydrogens is 290 g/mol. The highest BCUT2D eigenvalue weighted by atomic mass is 35.5. The summed E-state index contributed by atoms with van der Waals surface area (Å²) in [5, 5.41) is 7.44. The zero-order valence-electron chi connectivity index (χ0n) is 12.1. The molecule has 1 aromatic heterocycles. The molecule has 2 aromatic rings.